The molecule has 4 rings (SSSR count). The Morgan fingerprint density at radius 3 is 2.87 bits per heavy atom. The molecule has 1 fully saturated rings. The molecule has 0 bridgehead atoms. The number of thiophene rings is 1. The maximum Gasteiger partial charge on any atom is 0.225 e. The van der Waals surface area contributed by atoms with Gasteiger partial charge in [0, 0.05) is 23.2 Å². The van der Waals surface area contributed by atoms with Crippen LogP contribution in [0.4, 0.5) is 5.13 Å². The quantitative estimate of drug-likeness (QED) is 0.522. The molecule has 6 nitrogen and oxygen atoms in total. The second-order valence-electron chi connectivity index (χ2n) is 5.33. The Bertz CT molecular complexity index is 886. The monoisotopic (exact) mass is 363 g/mol. The van der Waals surface area contributed by atoms with Crippen LogP contribution >= 0.6 is 34.4 Å². The van der Waals surface area contributed by atoms with Crippen molar-refractivity contribution in [1.29, 1.82) is 0 Å². The van der Waals surface area contributed by atoms with E-state index >= 15 is 0 Å². The summed E-state index contributed by atoms with van der Waals surface area (Å²) in [5, 5.41) is 11.0. The van der Waals surface area contributed by atoms with E-state index in [-0.39, 0.29) is 5.91 Å². The molecule has 3 aromatic heterocycles. The van der Waals surface area contributed by atoms with E-state index in [1.165, 1.54) is 28.0 Å². The minimum absolute atomic E-state index is 0.0260. The molecule has 0 N–H and O–H groups in total. The van der Waals surface area contributed by atoms with Crippen LogP contribution in [0.2, 0.25) is 0 Å². The number of aromatic nitrogens is 4. The molecule has 3 heterocycles. The lowest BCUT2D eigenvalue weighted by atomic mass is 10.4. The number of hydrogen-bond acceptors (Lipinski definition) is 8. The number of amides is 1. The second kappa shape index (κ2) is 5.81. The summed E-state index contributed by atoms with van der Waals surface area (Å²) in [6.07, 6.45) is 3.67. The van der Waals surface area contributed by atoms with Gasteiger partial charge in [0.05, 0.1) is 0 Å². The summed E-state index contributed by atoms with van der Waals surface area (Å²) in [7, 11) is 0. The first-order chi connectivity index (χ1) is 11.1. The van der Waals surface area contributed by atoms with Crippen LogP contribution in [0.3, 0.4) is 0 Å². The highest BCUT2D eigenvalue weighted by Gasteiger charge is 2.34. The van der Waals surface area contributed by atoms with Crippen molar-refractivity contribution in [3.8, 4) is 0 Å². The standard InChI is InChI=1S/C14H13N5OS3/c1-7-5-10-11(21-7)15-6-16-12(10)22-14-18-17-13(23-14)19(8(2)20)9-3-4-9/h5-6,9H,3-4H2,1-2H3. The Balaban J connectivity index is 1.63. The van der Waals surface area contributed by atoms with Crippen LogP contribution in [0.15, 0.2) is 21.8 Å². The maximum absolute atomic E-state index is 11.8. The van der Waals surface area contributed by atoms with Gasteiger partial charge in [0.1, 0.15) is 16.2 Å². The highest BCUT2D eigenvalue weighted by atomic mass is 32.2. The predicted octanol–water partition coefficient (Wildman–Crippen LogP) is 3.52. The number of carbonyl (C=O) groups excluding carboxylic acids is 1. The number of anilines is 1. The molecule has 1 amide bonds. The van der Waals surface area contributed by atoms with Crippen molar-refractivity contribution in [3.05, 3.63) is 17.3 Å². The van der Waals surface area contributed by atoms with Gasteiger partial charge < -0.3 is 0 Å². The number of nitrogens with zero attached hydrogens (tertiary/aromatic N) is 5. The van der Waals surface area contributed by atoms with Crippen molar-refractivity contribution in [1.82, 2.24) is 20.2 Å². The van der Waals surface area contributed by atoms with Crippen molar-refractivity contribution in [2.24, 2.45) is 0 Å². The minimum Gasteiger partial charge on any atom is -0.284 e. The Morgan fingerprint density at radius 1 is 1.30 bits per heavy atom. The SMILES string of the molecule is CC(=O)N(c1nnc(Sc2ncnc3sc(C)cc23)s1)C1CC1. The third-order valence-electron chi connectivity index (χ3n) is 3.45. The third kappa shape index (κ3) is 2.96. The van der Waals surface area contributed by atoms with Gasteiger partial charge in [-0.2, -0.15) is 0 Å². The molecule has 0 unspecified atom stereocenters. The molecule has 9 heteroatoms. The van der Waals surface area contributed by atoms with Gasteiger partial charge >= 0.3 is 0 Å². The van der Waals surface area contributed by atoms with E-state index in [9.17, 15) is 4.79 Å². The van der Waals surface area contributed by atoms with Gasteiger partial charge in [0.15, 0.2) is 4.34 Å². The molecule has 0 atom stereocenters. The molecule has 3 aromatic rings. The van der Waals surface area contributed by atoms with Crippen LogP contribution < -0.4 is 4.90 Å². The summed E-state index contributed by atoms with van der Waals surface area (Å²) < 4.78 is 0.788. The molecule has 23 heavy (non-hydrogen) atoms. The van der Waals surface area contributed by atoms with Gasteiger partial charge in [-0.3, -0.25) is 9.69 Å². The first kappa shape index (κ1) is 15.0. The molecule has 1 aliphatic rings. The van der Waals surface area contributed by atoms with Crippen LogP contribution in [0.5, 0.6) is 0 Å². The number of rotatable bonds is 4. The van der Waals surface area contributed by atoms with E-state index < -0.39 is 0 Å². The molecule has 0 aromatic carbocycles. The maximum atomic E-state index is 11.8. The van der Waals surface area contributed by atoms with Crippen LogP contribution in [-0.4, -0.2) is 32.1 Å². The van der Waals surface area contributed by atoms with Crippen LogP contribution in [0, 0.1) is 6.92 Å². The van der Waals surface area contributed by atoms with Gasteiger partial charge in [-0.25, -0.2) is 9.97 Å². The second-order valence-corrected chi connectivity index (χ2v) is 8.75. The average molecular weight is 363 g/mol. The highest BCUT2D eigenvalue weighted by molar-refractivity contribution is 8.01. The van der Waals surface area contributed by atoms with Gasteiger partial charge in [-0.1, -0.05) is 11.3 Å². The zero-order chi connectivity index (χ0) is 16.0. The summed E-state index contributed by atoms with van der Waals surface area (Å²) in [6, 6.07) is 2.39. The molecule has 118 valence electrons. The van der Waals surface area contributed by atoms with E-state index in [1.807, 2.05) is 0 Å². The fraction of sp³-hybridized carbons (Fsp3) is 0.357. The van der Waals surface area contributed by atoms with Gasteiger partial charge in [-0.15, -0.1) is 21.5 Å². The fourth-order valence-electron chi connectivity index (χ4n) is 2.34. The number of fused-ring (bicyclic) bond motifs is 1. The summed E-state index contributed by atoms with van der Waals surface area (Å²) in [4.78, 5) is 24.4. The molecule has 0 aliphatic heterocycles. The van der Waals surface area contributed by atoms with Crippen LogP contribution in [-0.2, 0) is 4.79 Å². The summed E-state index contributed by atoms with van der Waals surface area (Å²) >= 11 is 4.56. The molecule has 1 saturated carbocycles. The lowest BCUT2D eigenvalue weighted by Gasteiger charge is -2.15. The van der Waals surface area contributed by atoms with Crippen LogP contribution in [0.1, 0.15) is 24.6 Å². The normalized spacial score (nSPS) is 14.3. The Hall–Kier alpha value is -1.58. The van der Waals surface area contributed by atoms with Crippen molar-refractivity contribution in [2.75, 3.05) is 4.90 Å². The Labute approximate surface area is 145 Å². The number of hydrogen-bond donors (Lipinski definition) is 0. The highest BCUT2D eigenvalue weighted by Crippen LogP contribution is 2.39. The van der Waals surface area contributed by atoms with E-state index in [2.05, 4.69) is 33.2 Å². The van der Waals surface area contributed by atoms with Gasteiger partial charge in [-0.05, 0) is 37.6 Å². The molecule has 0 radical (unpaired) electrons. The first-order valence-corrected chi connectivity index (χ1v) is 9.59. The number of carbonyl (C=O) groups is 1. The fourth-order valence-corrected chi connectivity index (χ4v) is 5.19. The topological polar surface area (TPSA) is 71.9 Å². The van der Waals surface area contributed by atoms with E-state index in [0.717, 1.165) is 32.4 Å². The van der Waals surface area contributed by atoms with Crippen molar-refractivity contribution in [3.63, 3.8) is 0 Å². The Morgan fingerprint density at radius 2 is 2.13 bits per heavy atom. The summed E-state index contributed by atoms with van der Waals surface area (Å²) in [6.45, 7) is 3.64. The van der Waals surface area contributed by atoms with Crippen LogP contribution in [0.25, 0.3) is 10.2 Å². The lowest BCUT2D eigenvalue weighted by molar-refractivity contribution is -0.116. The first-order valence-electron chi connectivity index (χ1n) is 7.14. The van der Waals surface area contributed by atoms with E-state index in [1.54, 1.807) is 29.5 Å². The molecular weight excluding hydrogens is 350 g/mol. The van der Waals surface area contributed by atoms with Crippen molar-refractivity contribution >= 4 is 55.7 Å². The Kier molecular flexibility index (Phi) is 3.78. The zero-order valence-corrected chi connectivity index (χ0v) is 15.0. The predicted molar refractivity (Wildman–Crippen MR) is 92.4 cm³/mol. The van der Waals surface area contributed by atoms with Crippen molar-refractivity contribution in [2.45, 2.75) is 42.1 Å². The molecule has 1 aliphatic carbocycles. The lowest BCUT2D eigenvalue weighted by Crippen LogP contribution is -2.30. The van der Waals surface area contributed by atoms with Gasteiger partial charge in [0.25, 0.3) is 0 Å². The molecule has 0 spiro atoms. The smallest absolute Gasteiger partial charge is 0.225 e. The zero-order valence-electron chi connectivity index (χ0n) is 12.5. The van der Waals surface area contributed by atoms with Gasteiger partial charge in [0.2, 0.25) is 11.0 Å². The summed E-state index contributed by atoms with van der Waals surface area (Å²) in [5.41, 5.74) is 0. The number of aryl methyl sites for hydroxylation is 1. The summed E-state index contributed by atoms with van der Waals surface area (Å²) in [5.74, 6) is 0.0260. The molecular formula is C14H13N5OS3. The van der Waals surface area contributed by atoms with E-state index in [0.29, 0.717) is 11.2 Å². The largest absolute Gasteiger partial charge is 0.284 e. The average Bonchev–Trinajstić information content (AvgIpc) is 3.08. The van der Waals surface area contributed by atoms with E-state index in [4.69, 9.17) is 0 Å². The molecule has 0 saturated heterocycles. The minimum atomic E-state index is 0.0260. The third-order valence-corrected chi connectivity index (χ3v) is 6.40. The van der Waals surface area contributed by atoms with Crippen molar-refractivity contribution < 1.29 is 4.79 Å².